The van der Waals surface area contributed by atoms with E-state index < -0.39 is 12.1 Å². The second-order valence-electron chi connectivity index (χ2n) is 5.89. The van der Waals surface area contributed by atoms with Gasteiger partial charge in [0.15, 0.2) is 0 Å². The number of thiophene rings is 1. The van der Waals surface area contributed by atoms with E-state index in [0.717, 1.165) is 10.4 Å². The number of hydrogen-bond donors (Lipinski definition) is 2. The van der Waals surface area contributed by atoms with E-state index in [0.29, 0.717) is 19.4 Å². The Hall–Kier alpha value is -2.18. The Labute approximate surface area is 144 Å². The molecule has 2 N–H and O–H groups in total. The van der Waals surface area contributed by atoms with Crippen LogP contribution in [0, 0.1) is 0 Å². The number of carbonyl (C=O) groups excluding carboxylic acids is 2. The van der Waals surface area contributed by atoms with Gasteiger partial charge in [-0.1, -0.05) is 36.4 Å². The van der Waals surface area contributed by atoms with E-state index in [2.05, 4.69) is 5.32 Å². The van der Waals surface area contributed by atoms with Crippen molar-refractivity contribution < 1.29 is 14.7 Å². The van der Waals surface area contributed by atoms with Crippen LogP contribution in [0.1, 0.15) is 29.4 Å². The van der Waals surface area contributed by atoms with Crippen molar-refractivity contribution in [3.63, 3.8) is 0 Å². The van der Waals surface area contributed by atoms with Crippen LogP contribution in [0.5, 0.6) is 0 Å². The molecule has 2 atom stereocenters. The van der Waals surface area contributed by atoms with Crippen molar-refractivity contribution in [3.8, 4) is 0 Å². The number of aliphatic hydroxyl groups excluding tert-OH is 1. The van der Waals surface area contributed by atoms with Crippen LogP contribution in [0.4, 0.5) is 0 Å². The first-order valence-corrected chi connectivity index (χ1v) is 8.85. The molecule has 24 heavy (non-hydrogen) atoms. The van der Waals surface area contributed by atoms with Gasteiger partial charge in [-0.25, -0.2) is 0 Å². The van der Waals surface area contributed by atoms with Crippen LogP contribution in [-0.2, 0) is 16.1 Å². The number of rotatable bonds is 6. The predicted molar refractivity (Wildman–Crippen MR) is 92.3 cm³/mol. The Morgan fingerprint density at radius 2 is 2.08 bits per heavy atom. The van der Waals surface area contributed by atoms with Crippen molar-refractivity contribution in [1.29, 1.82) is 0 Å². The van der Waals surface area contributed by atoms with Crippen LogP contribution < -0.4 is 5.32 Å². The fourth-order valence-corrected chi connectivity index (χ4v) is 3.54. The van der Waals surface area contributed by atoms with Crippen LogP contribution in [0.2, 0.25) is 0 Å². The lowest BCUT2D eigenvalue weighted by Gasteiger charge is -2.27. The zero-order valence-corrected chi connectivity index (χ0v) is 14.0. The fourth-order valence-electron chi connectivity index (χ4n) is 2.84. The normalized spacial score (nSPS) is 18.2. The molecule has 0 unspecified atom stereocenters. The maximum Gasteiger partial charge on any atom is 0.245 e. The maximum atomic E-state index is 12.8. The molecule has 0 radical (unpaired) electrons. The third-order valence-electron chi connectivity index (χ3n) is 4.09. The lowest BCUT2D eigenvalue weighted by atomic mass is 10.1. The van der Waals surface area contributed by atoms with Crippen molar-refractivity contribution in [2.75, 3.05) is 6.54 Å². The zero-order chi connectivity index (χ0) is 16.9. The number of benzene rings is 1. The molecule has 3 rings (SSSR count). The first-order valence-electron chi connectivity index (χ1n) is 7.97. The summed E-state index contributed by atoms with van der Waals surface area (Å²) in [5.74, 6) is -0.230. The van der Waals surface area contributed by atoms with Crippen LogP contribution in [0.3, 0.4) is 0 Å². The molecule has 2 amide bonds. The quantitative estimate of drug-likeness (QED) is 0.843. The number of nitrogens with zero attached hydrogens (tertiary/aromatic N) is 1. The molecule has 2 heterocycles. The van der Waals surface area contributed by atoms with E-state index in [-0.39, 0.29) is 18.4 Å². The predicted octanol–water partition coefficient (Wildman–Crippen LogP) is 2.09. The molecular formula is C18H20N2O3S. The van der Waals surface area contributed by atoms with Gasteiger partial charge in [0.05, 0.1) is 6.54 Å². The lowest BCUT2D eigenvalue weighted by molar-refractivity contribution is -0.136. The number of amides is 2. The van der Waals surface area contributed by atoms with Gasteiger partial charge in [0.1, 0.15) is 12.1 Å². The smallest absolute Gasteiger partial charge is 0.245 e. The van der Waals surface area contributed by atoms with Crippen molar-refractivity contribution in [2.24, 2.45) is 0 Å². The van der Waals surface area contributed by atoms with Crippen molar-refractivity contribution in [1.82, 2.24) is 10.2 Å². The summed E-state index contributed by atoms with van der Waals surface area (Å²) in [6, 6.07) is 12.9. The Morgan fingerprint density at radius 3 is 2.71 bits per heavy atom. The summed E-state index contributed by atoms with van der Waals surface area (Å²) >= 11 is 1.47. The zero-order valence-electron chi connectivity index (χ0n) is 13.2. The van der Waals surface area contributed by atoms with E-state index in [1.165, 1.54) is 11.3 Å². The number of aliphatic hydroxyl groups is 1. The molecule has 1 aliphatic heterocycles. The van der Waals surface area contributed by atoms with Crippen molar-refractivity contribution in [2.45, 2.75) is 31.5 Å². The summed E-state index contributed by atoms with van der Waals surface area (Å²) in [4.78, 5) is 26.7. The number of carbonyl (C=O) groups is 2. The summed E-state index contributed by atoms with van der Waals surface area (Å²) < 4.78 is 0. The average Bonchev–Trinajstić information content (AvgIpc) is 3.26. The maximum absolute atomic E-state index is 12.8. The minimum atomic E-state index is -0.727. The molecule has 0 bridgehead atoms. The molecular weight excluding hydrogens is 324 g/mol. The monoisotopic (exact) mass is 344 g/mol. The van der Waals surface area contributed by atoms with Crippen LogP contribution in [0.25, 0.3) is 0 Å². The molecule has 0 aliphatic carbocycles. The molecule has 1 aliphatic rings. The van der Waals surface area contributed by atoms with E-state index in [9.17, 15) is 14.7 Å². The van der Waals surface area contributed by atoms with Gasteiger partial charge in [0.25, 0.3) is 0 Å². The molecule has 1 saturated heterocycles. The third-order valence-corrected chi connectivity index (χ3v) is 5.06. The Balaban J connectivity index is 1.75. The summed E-state index contributed by atoms with van der Waals surface area (Å²) in [5.41, 5.74) is 0.994. The minimum Gasteiger partial charge on any atom is -0.386 e. The SMILES string of the molecule is O=C1CC[C@@H](C(=O)N(Cc2ccccc2)C[C@H](O)c2cccs2)N1. The highest BCUT2D eigenvalue weighted by molar-refractivity contribution is 7.10. The fraction of sp³-hybridized carbons (Fsp3) is 0.333. The van der Waals surface area contributed by atoms with Gasteiger partial charge in [-0.05, 0) is 23.4 Å². The van der Waals surface area contributed by atoms with E-state index >= 15 is 0 Å². The van der Waals surface area contributed by atoms with Gasteiger partial charge < -0.3 is 15.3 Å². The van der Waals surface area contributed by atoms with Crippen LogP contribution in [-0.4, -0.2) is 34.4 Å². The molecule has 0 saturated carbocycles. The van der Waals surface area contributed by atoms with Gasteiger partial charge in [-0.15, -0.1) is 11.3 Å². The van der Waals surface area contributed by atoms with Crippen molar-refractivity contribution in [3.05, 3.63) is 58.3 Å². The minimum absolute atomic E-state index is 0.0909. The largest absolute Gasteiger partial charge is 0.386 e. The highest BCUT2D eigenvalue weighted by Crippen LogP contribution is 2.22. The Kier molecular flexibility index (Phi) is 5.27. The number of nitrogens with one attached hydrogen (secondary N) is 1. The van der Waals surface area contributed by atoms with Crippen LogP contribution >= 0.6 is 11.3 Å². The van der Waals surface area contributed by atoms with Gasteiger partial charge in [-0.2, -0.15) is 0 Å². The summed E-state index contributed by atoms with van der Waals surface area (Å²) in [5, 5.41) is 15.1. The first kappa shape index (κ1) is 16.7. The Morgan fingerprint density at radius 1 is 1.29 bits per heavy atom. The second-order valence-corrected chi connectivity index (χ2v) is 6.87. The molecule has 126 valence electrons. The van der Waals surface area contributed by atoms with E-state index in [4.69, 9.17) is 0 Å². The van der Waals surface area contributed by atoms with Gasteiger partial charge in [0.2, 0.25) is 11.8 Å². The molecule has 2 aromatic rings. The van der Waals surface area contributed by atoms with Crippen LogP contribution in [0.15, 0.2) is 47.8 Å². The highest BCUT2D eigenvalue weighted by atomic mass is 32.1. The molecule has 5 nitrogen and oxygen atoms in total. The third kappa shape index (κ3) is 4.01. The second kappa shape index (κ2) is 7.59. The van der Waals surface area contributed by atoms with Gasteiger partial charge in [-0.3, -0.25) is 9.59 Å². The molecule has 6 heteroatoms. The summed E-state index contributed by atoms with van der Waals surface area (Å²) in [7, 11) is 0. The van der Waals surface area contributed by atoms with Crippen molar-refractivity contribution >= 4 is 23.2 Å². The van der Waals surface area contributed by atoms with Gasteiger partial charge >= 0.3 is 0 Å². The lowest BCUT2D eigenvalue weighted by Crippen LogP contribution is -2.45. The number of hydrogen-bond acceptors (Lipinski definition) is 4. The molecule has 1 fully saturated rings. The van der Waals surface area contributed by atoms with Gasteiger partial charge in [0, 0.05) is 17.8 Å². The van der Waals surface area contributed by atoms with E-state index in [1.807, 2.05) is 47.8 Å². The molecule has 1 aromatic carbocycles. The standard InChI is InChI=1S/C18H20N2O3S/c21-15(16-7-4-10-24-16)12-20(11-13-5-2-1-3-6-13)18(23)14-8-9-17(22)19-14/h1-7,10,14-15,21H,8-9,11-12H2,(H,19,22)/t14-,15-/m0/s1. The summed E-state index contributed by atoms with van der Waals surface area (Å²) in [6.45, 7) is 0.620. The highest BCUT2D eigenvalue weighted by Gasteiger charge is 2.31. The molecule has 1 aromatic heterocycles. The summed E-state index contributed by atoms with van der Waals surface area (Å²) in [6.07, 6.45) is 0.163. The average molecular weight is 344 g/mol. The topological polar surface area (TPSA) is 69.6 Å². The van der Waals surface area contributed by atoms with E-state index in [1.54, 1.807) is 4.90 Å². The Bertz CT molecular complexity index is 688. The molecule has 0 spiro atoms. The first-order chi connectivity index (χ1) is 11.6.